The molecule has 4 heteroatoms. The Morgan fingerprint density at radius 1 is 1.44 bits per heavy atom. The first kappa shape index (κ1) is 11.6. The van der Waals surface area contributed by atoms with Crippen LogP contribution in [-0.2, 0) is 10.2 Å². The summed E-state index contributed by atoms with van der Waals surface area (Å²) in [6, 6.07) is 10.3. The van der Waals surface area contributed by atoms with E-state index in [4.69, 9.17) is 4.65 Å². The van der Waals surface area contributed by atoms with Gasteiger partial charge in [-0.1, -0.05) is 30.3 Å². The Labute approximate surface area is 97.3 Å². The Hall–Kier alpha value is -0.835. The van der Waals surface area contributed by atoms with Crippen LogP contribution in [0.15, 0.2) is 30.3 Å². The fourth-order valence-corrected chi connectivity index (χ4v) is 2.56. The van der Waals surface area contributed by atoms with Crippen LogP contribution in [-0.4, -0.2) is 37.3 Å². The molecule has 1 fully saturated rings. The van der Waals surface area contributed by atoms with Gasteiger partial charge in [-0.05, 0) is 18.9 Å². The summed E-state index contributed by atoms with van der Waals surface area (Å²) in [6.45, 7) is 2.84. The van der Waals surface area contributed by atoms with Gasteiger partial charge in [-0.2, -0.15) is 0 Å². The highest BCUT2D eigenvalue weighted by Crippen LogP contribution is 2.37. The third-order valence-corrected chi connectivity index (χ3v) is 3.44. The number of hydrogen-bond donors (Lipinski definition) is 1. The van der Waals surface area contributed by atoms with Crippen LogP contribution in [0.1, 0.15) is 18.9 Å². The lowest BCUT2D eigenvalue weighted by Crippen LogP contribution is -2.41. The molecular weight excluding hydrogens is 201 g/mol. The first-order chi connectivity index (χ1) is 7.66. The lowest BCUT2D eigenvalue weighted by molar-refractivity contribution is 0.185. The minimum absolute atomic E-state index is 0.114. The Kier molecular flexibility index (Phi) is 3.33. The van der Waals surface area contributed by atoms with Crippen LogP contribution in [0.4, 0.5) is 0 Å². The molecule has 0 saturated carbocycles. The third-order valence-electron chi connectivity index (χ3n) is 3.44. The van der Waals surface area contributed by atoms with Crippen molar-refractivity contribution in [3.8, 4) is 0 Å². The molecule has 86 valence electrons. The SMILES string of the molecule is COBN1CC(O)CC1(C)c1ccccc1. The van der Waals surface area contributed by atoms with Crippen molar-refractivity contribution >= 4 is 7.62 Å². The van der Waals surface area contributed by atoms with Crippen LogP contribution in [0.25, 0.3) is 0 Å². The van der Waals surface area contributed by atoms with E-state index in [0.717, 1.165) is 6.42 Å². The minimum atomic E-state index is -0.264. The molecule has 0 amide bonds. The summed E-state index contributed by atoms with van der Waals surface area (Å²) in [7, 11) is 2.25. The number of nitrogens with zero attached hydrogens (tertiary/aromatic N) is 1. The average molecular weight is 219 g/mol. The van der Waals surface area contributed by atoms with Gasteiger partial charge in [0.1, 0.15) is 0 Å². The first-order valence-electron chi connectivity index (χ1n) is 5.64. The van der Waals surface area contributed by atoms with E-state index < -0.39 is 0 Å². The van der Waals surface area contributed by atoms with Crippen LogP contribution < -0.4 is 0 Å². The number of β-amino-alcohol motifs (C(OH)–C–C–N with tert-alkyl or cyclic N) is 1. The smallest absolute Gasteiger partial charge is 0.364 e. The Morgan fingerprint density at radius 3 is 2.75 bits per heavy atom. The van der Waals surface area contributed by atoms with Crippen molar-refractivity contribution in [2.24, 2.45) is 0 Å². The van der Waals surface area contributed by atoms with Gasteiger partial charge < -0.3 is 14.6 Å². The molecule has 2 atom stereocenters. The maximum atomic E-state index is 9.83. The largest absolute Gasteiger partial charge is 0.427 e. The first-order valence-corrected chi connectivity index (χ1v) is 5.64. The van der Waals surface area contributed by atoms with Crippen molar-refractivity contribution in [1.82, 2.24) is 4.81 Å². The van der Waals surface area contributed by atoms with Gasteiger partial charge >= 0.3 is 7.62 Å². The zero-order valence-corrected chi connectivity index (χ0v) is 9.89. The molecule has 1 aromatic rings. The van der Waals surface area contributed by atoms with Crippen LogP contribution in [0, 0.1) is 0 Å². The fraction of sp³-hybridized carbons (Fsp3) is 0.500. The molecule has 1 aromatic carbocycles. The van der Waals surface area contributed by atoms with Gasteiger partial charge in [-0.25, -0.2) is 0 Å². The molecular formula is C12H18BNO2. The van der Waals surface area contributed by atoms with E-state index in [1.54, 1.807) is 7.11 Å². The lowest BCUT2D eigenvalue weighted by Gasteiger charge is -2.34. The number of benzene rings is 1. The van der Waals surface area contributed by atoms with E-state index in [0.29, 0.717) is 14.2 Å². The topological polar surface area (TPSA) is 32.7 Å². The number of hydrogen-bond acceptors (Lipinski definition) is 3. The molecule has 1 heterocycles. The molecule has 16 heavy (non-hydrogen) atoms. The van der Waals surface area contributed by atoms with Crippen LogP contribution in [0.5, 0.6) is 0 Å². The fourth-order valence-electron chi connectivity index (χ4n) is 2.56. The molecule has 1 saturated heterocycles. The molecule has 1 aliphatic heterocycles. The summed E-state index contributed by atoms with van der Waals surface area (Å²) < 4.78 is 5.21. The maximum Gasteiger partial charge on any atom is 0.364 e. The summed E-state index contributed by atoms with van der Waals surface area (Å²) in [5.41, 5.74) is 1.13. The highest BCUT2D eigenvalue weighted by atomic mass is 16.4. The Morgan fingerprint density at radius 2 is 2.12 bits per heavy atom. The van der Waals surface area contributed by atoms with E-state index in [2.05, 4.69) is 23.9 Å². The van der Waals surface area contributed by atoms with Crippen molar-refractivity contribution in [2.75, 3.05) is 13.7 Å². The van der Waals surface area contributed by atoms with Gasteiger partial charge in [0.05, 0.1) is 6.10 Å². The monoisotopic (exact) mass is 219 g/mol. The third kappa shape index (κ3) is 2.01. The van der Waals surface area contributed by atoms with Crippen molar-refractivity contribution in [1.29, 1.82) is 0 Å². The predicted molar refractivity (Wildman–Crippen MR) is 65.3 cm³/mol. The molecule has 1 N–H and O–H groups in total. The van der Waals surface area contributed by atoms with Crippen molar-refractivity contribution in [3.63, 3.8) is 0 Å². The number of aliphatic hydroxyl groups excluding tert-OH is 1. The van der Waals surface area contributed by atoms with E-state index in [1.807, 2.05) is 18.2 Å². The second-order valence-corrected chi connectivity index (χ2v) is 4.64. The highest BCUT2D eigenvalue weighted by Gasteiger charge is 2.42. The van der Waals surface area contributed by atoms with Crippen LogP contribution in [0.3, 0.4) is 0 Å². The normalized spacial score (nSPS) is 30.6. The van der Waals surface area contributed by atoms with Gasteiger partial charge in [0.2, 0.25) is 0 Å². The summed E-state index contributed by atoms with van der Waals surface area (Å²) >= 11 is 0. The van der Waals surface area contributed by atoms with Crippen molar-refractivity contribution < 1.29 is 9.76 Å². The molecule has 1 aliphatic rings. The van der Waals surface area contributed by atoms with Crippen molar-refractivity contribution in [2.45, 2.75) is 25.0 Å². The molecule has 0 bridgehead atoms. The molecule has 0 spiro atoms. The summed E-state index contributed by atoms with van der Waals surface area (Å²) in [5, 5.41) is 9.83. The summed E-state index contributed by atoms with van der Waals surface area (Å²) in [5.74, 6) is 0. The van der Waals surface area contributed by atoms with Crippen LogP contribution >= 0.6 is 0 Å². The number of rotatable bonds is 3. The lowest BCUT2D eigenvalue weighted by atomic mass is 9.86. The zero-order chi connectivity index (χ0) is 11.6. The Balaban J connectivity index is 2.28. The average Bonchev–Trinajstić information content (AvgIpc) is 2.57. The quantitative estimate of drug-likeness (QED) is 0.766. The molecule has 2 unspecified atom stereocenters. The standard InChI is InChI=1S/C12H18BNO2/c1-12(10-6-4-3-5-7-10)8-11(15)9-14(12)13-16-2/h3-7,11,13,15H,8-9H2,1-2H3. The van der Waals surface area contributed by atoms with E-state index in [-0.39, 0.29) is 11.6 Å². The van der Waals surface area contributed by atoms with E-state index in [9.17, 15) is 5.11 Å². The van der Waals surface area contributed by atoms with E-state index in [1.165, 1.54) is 5.56 Å². The van der Waals surface area contributed by atoms with Gasteiger partial charge in [0.25, 0.3) is 0 Å². The second-order valence-electron chi connectivity index (χ2n) is 4.64. The minimum Gasteiger partial charge on any atom is -0.427 e. The molecule has 0 aliphatic carbocycles. The van der Waals surface area contributed by atoms with Crippen molar-refractivity contribution in [3.05, 3.63) is 35.9 Å². The second kappa shape index (κ2) is 4.57. The molecule has 0 radical (unpaired) electrons. The predicted octanol–water partition coefficient (Wildman–Crippen LogP) is 0.881. The van der Waals surface area contributed by atoms with Gasteiger partial charge in [-0.15, -0.1) is 0 Å². The van der Waals surface area contributed by atoms with Crippen LogP contribution in [0.2, 0.25) is 0 Å². The molecule has 0 aromatic heterocycles. The zero-order valence-electron chi connectivity index (χ0n) is 9.89. The number of aliphatic hydroxyl groups is 1. The molecule has 3 nitrogen and oxygen atoms in total. The van der Waals surface area contributed by atoms with E-state index >= 15 is 0 Å². The van der Waals surface area contributed by atoms with Gasteiger partial charge in [0.15, 0.2) is 0 Å². The Bertz CT molecular complexity index is 346. The van der Waals surface area contributed by atoms with Gasteiger partial charge in [-0.3, -0.25) is 0 Å². The molecule has 2 rings (SSSR count). The highest BCUT2D eigenvalue weighted by molar-refractivity contribution is 6.23. The summed E-state index contributed by atoms with van der Waals surface area (Å²) in [4.78, 5) is 2.19. The van der Waals surface area contributed by atoms with Gasteiger partial charge in [0, 0.05) is 19.2 Å². The summed E-state index contributed by atoms with van der Waals surface area (Å²) in [6.07, 6.45) is 0.501. The maximum absolute atomic E-state index is 9.83.